The number of aliphatic hydroxyl groups is 1. The molecule has 5 heteroatoms. The largest absolute Gasteiger partial charge is 0.396 e. The van der Waals surface area contributed by atoms with Gasteiger partial charge in [-0.25, -0.2) is 0 Å². The fraction of sp³-hybridized carbons (Fsp3) is 0.364. The fourth-order valence-electron chi connectivity index (χ4n) is 1.32. The lowest BCUT2D eigenvalue weighted by molar-refractivity contribution is -0.114. The zero-order valence-electron chi connectivity index (χ0n) is 9.14. The number of hydrogen-bond acceptors (Lipinski definition) is 3. The van der Waals surface area contributed by atoms with Crippen LogP contribution in [0.5, 0.6) is 0 Å². The van der Waals surface area contributed by atoms with Gasteiger partial charge in [-0.15, -0.1) is 12.4 Å². The minimum atomic E-state index is -0.152. The van der Waals surface area contributed by atoms with Crippen molar-refractivity contribution in [2.24, 2.45) is 5.73 Å². The highest BCUT2D eigenvalue weighted by atomic mass is 35.5. The predicted octanol–water partition coefficient (Wildman–Crippen LogP) is 1.45. The van der Waals surface area contributed by atoms with Crippen molar-refractivity contribution in [2.75, 3.05) is 11.9 Å². The van der Waals surface area contributed by atoms with Crippen molar-refractivity contribution in [3.8, 4) is 0 Å². The van der Waals surface area contributed by atoms with E-state index in [1.54, 1.807) is 12.1 Å². The van der Waals surface area contributed by atoms with Crippen molar-refractivity contribution < 1.29 is 9.90 Å². The molecule has 0 aliphatic heterocycles. The van der Waals surface area contributed by atoms with Gasteiger partial charge in [-0.3, -0.25) is 4.79 Å². The molecule has 1 amide bonds. The second kappa shape index (κ2) is 7.22. The van der Waals surface area contributed by atoms with E-state index in [1.807, 2.05) is 12.1 Å². The molecule has 0 aliphatic carbocycles. The van der Waals surface area contributed by atoms with Crippen molar-refractivity contribution >= 4 is 24.0 Å². The third-order valence-corrected chi connectivity index (χ3v) is 2.10. The maximum Gasteiger partial charge on any atom is 0.221 e. The van der Waals surface area contributed by atoms with Crippen molar-refractivity contribution in [3.63, 3.8) is 0 Å². The highest BCUT2D eigenvalue weighted by molar-refractivity contribution is 5.88. The lowest BCUT2D eigenvalue weighted by atomic mass is 10.0. The number of amides is 1. The van der Waals surface area contributed by atoms with Crippen LogP contribution in [0.25, 0.3) is 0 Å². The molecule has 1 rings (SSSR count). The first-order valence-electron chi connectivity index (χ1n) is 4.87. The minimum absolute atomic E-state index is 0. The molecule has 0 saturated carbocycles. The molecule has 1 aromatic rings. The monoisotopic (exact) mass is 244 g/mol. The van der Waals surface area contributed by atoms with Gasteiger partial charge in [0.05, 0.1) is 0 Å². The van der Waals surface area contributed by atoms with Crippen molar-refractivity contribution in [1.82, 2.24) is 0 Å². The van der Waals surface area contributed by atoms with E-state index >= 15 is 0 Å². The number of hydrogen-bond donors (Lipinski definition) is 3. The molecule has 1 unspecified atom stereocenters. The molecular weight excluding hydrogens is 228 g/mol. The number of halogens is 1. The molecule has 0 radical (unpaired) electrons. The first kappa shape index (κ1) is 14.9. The van der Waals surface area contributed by atoms with Crippen LogP contribution in [-0.2, 0) is 4.79 Å². The standard InChI is InChI=1S/C11H16N2O2.ClH/c1-8(15)13-10-4-2-9(3-5-10)11(12)6-7-14;/h2-5,11,14H,6-7,12H2,1H3,(H,13,15);1H. The number of rotatable bonds is 4. The van der Waals surface area contributed by atoms with Crippen molar-refractivity contribution in [1.29, 1.82) is 0 Å². The van der Waals surface area contributed by atoms with Gasteiger partial charge in [0.2, 0.25) is 5.91 Å². The molecule has 0 bridgehead atoms. The van der Waals surface area contributed by atoms with Crippen molar-refractivity contribution in [2.45, 2.75) is 19.4 Å². The highest BCUT2D eigenvalue weighted by Crippen LogP contribution is 2.16. The lowest BCUT2D eigenvalue weighted by Gasteiger charge is -2.11. The van der Waals surface area contributed by atoms with Crippen LogP contribution in [0.2, 0.25) is 0 Å². The van der Waals surface area contributed by atoms with E-state index in [4.69, 9.17) is 10.8 Å². The number of anilines is 1. The summed E-state index contributed by atoms with van der Waals surface area (Å²) >= 11 is 0. The Kier molecular flexibility index (Phi) is 6.72. The van der Waals surface area contributed by atoms with E-state index in [0.717, 1.165) is 11.3 Å². The molecule has 16 heavy (non-hydrogen) atoms. The van der Waals surface area contributed by atoms with Crippen molar-refractivity contribution in [3.05, 3.63) is 29.8 Å². The molecule has 0 fully saturated rings. The Morgan fingerprint density at radius 1 is 1.44 bits per heavy atom. The van der Waals surface area contributed by atoms with E-state index in [2.05, 4.69) is 5.32 Å². The molecule has 1 aromatic carbocycles. The predicted molar refractivity (Wildman–Crippen MR) is 66.6 cm³/mol. The van der Waals surface area contributed by atoms with Crippen LogP contribution in [0.3, 0.4) is 0 Å². The van der Waals surface area contributed by atoms with Gasteiger partial charge in [0, 0.05) is 25.3 Å². The van der Waals surface area contributed by atoms with Gasteiger partial charge in [-0.2, -0.15) is 0 Å². The summed E-state index contributed by atoms with van der Waals surface area (Å²) in [4.78, 5) is 10.8. The van der Waals surface area contributed by atoms with Crippen LogP contribution in [0.15, 0.2) is 24.3 Å². The molecule has 1 atom stereocenters. The number of aliphatic hydroxyl groups excluding tert-OH is 1. The molecule has 0 aromatic heterocycles. The van der Waals surface area contributed by atoms with Crippen LogP contribution in [0.4, 0.5) is 5.69 Å². The Morgan fingerprint density at radius 3 is 2.44 bits per heavy atom. The number of benzene rings is 1. The zero-order valence-corrected chi connectivity index (χ0v) is 9.96. The molecule has 4 N–H and O–H groups in total. The van der Waals surface area contributed by atoms with E-state index in [9.17, 15) is 4.79 Å². The summed E-state index contributed by atoms with van der Waals surface area (Å²) in [7, 11) is 0. The average molecular weight is 245 g/mol. The molecular formula is C11H17ClN2O2. The minimum Gasteiger partial charge on any atom is -0.396 e. The third kappa shape index (κ3) is 4.61. The Hall–Kier alpha value is -1.10. The molecule has 0 heterocycles. The topological polar surface area (TPSA) is 75.4 Å². The van der Waals surface area contributed by atoms with Crippen LogP contribution in [-0.4, -0.2) is 17.6 Å². The SMILES string of the molecule is CC(=O)Nc1ccc(C(N)CCO)cc1.Cl. The lowest BCUT2D eigenvalue weighted by Crippen LogP contribution is -2.12. The molecule has 4 nitrogen and oxygen atoms in total. The Balaban J connectivity index is 0.00000225. The zero-order chi connectivity index (χ0) is 11.3. The molecule has 0 spiro atoms. The van der Waals surface area contributed by atoms with Crippen LogP contribution in [0.1, 0.15) is 24.9 Å². The molecule has 0 aliphatic rings. The summed E-state index contributed by atoms with van der Waals surface area (Å²) in [5.41, 5.74) is 7.52. The number of carbonyl (C=O) groups is 1. The van der Waals surface area contributed by atoms with E-state index in [-0.39, 0.29) is 31.0 Å². The van der Waals surface area contributed by atoms with Gasteiger partial charge in [0.25, 0.3) is 0 Å². The van der Waals surface area contributed by atoms with E-state index in [1.165, 1.54) is 6.92 Å². The van der Waals surface area contributed by atoms with Gasteiger partial charge in [-0.1, -0.05) is 12.1 Å². The Morgan fingerprint density at radius 2 is 2.00 bits per heavy atom. The van der Waals surface area contributed by atoms with E-state index in [0.29, 0.717) is 6.42 Å². The summed E-state index contributed by atoms with van der Waals surface area (Å²) in [6.07, 6.45) is 0.541. The summed E-state index contributed by atoms with van der Waals surface area (Å²) in [6.45, 7) is 1.54. The van der Waals surface area contributed by atoms with Crippen LogP contribution in [0, 0.1) is 0 Å². The average Bonchev–Trinajstić information content (AvgIpc) is 2.18. The third-order valence-electron chi connectivity index (χ3n) is 2.10. The van der Waals surface area contributed by atoms with Gasteiger partial charge < -0.3 is 16.2 Å². The number of nitrogens with two attached hydrogens (primary N) is 1. The Labute approximate surface area is 101 Å². The highest BCUT2D eigenvalue weighted by Gasteiger charge is 2.04. The van der Waals surface area contributed by atoms with Gasteiger partial charge in [0.1, 0.15) is 0 Å². The Bertz CT molecular complexity index is 327. The fourth-order valence-corrected chi connectivity index (χ4v) is 1.32. The molecule has 90 valence electrons. The maximum atomic E-state index is 10.8. The first-order chi connectivity index (χ1) is 7.13. The summed E-state index contributed by atoms with van der Waals surface area (Å²) in [6, 6.07) is 7.15. The first-order valence-corrected chi connectivity index (χ1v) is 4.87. The van der Waals surface area contributed by atoms with Gasteiger partial charge >= 0.3 is 0 Å². The van der Waals surface area contributed by atoms with E-state index < -0.39 is 0 Å². The van der Waals surface area contributed by atoms with Gasteiger partial charge in [-0.05, 0) is 24.1 Å². The number of nitrogens with one attached hydrogen (secondary N) is 1. The quantitative estimate of drug-likeness (QED) is 0.750. The van der Waals surface area contributed by atoms with Crippen LogP contribution < -0.4 is 11.1 Å². The number of carbonyl (C=O) groups excluding carboxylic acids is 1. The summed E-state index contributed by atoms with van der Waals surface area (Å²) < 4.78 is 0. The second-order valence-electron chi connectivity index (χ2n) is 3.42. The second-order valence-corrected chi connectivity index (χ2v) is 3.42. The maximum absolute atomic E-state index is 10.8. The normalized spacial score (nSPS) is 11.4. The molecule has 0 saturated heterocycles. The van der Waals surface area contributed by atoms with Gasteiger partial charge in [0.15, 0.2) is 0 Å². The van der Waals surface area contributed by atoms with Crippen LogP contribution >= 0.6 is 12.4 Å². The summed E-state index contributed by atoms with van der Waals surface area (Å²) in [5, 5.41) is 11.4. The smallest absolute Gasteiger partial charge is 0.221 e. The summed E-state index contributed by atoms with van der Waals surface area (Å²) in [5.74, 6) is -0.0950.